The van der Waals surface area contributed by atoms with Gasteiger partial charge in [-0.1, -0.05) is 24.3 Å². The van der Waals surface area contributed by atoms with E-state index in [9.17, 15) is 18.7 Å². The molecule has 4 heterocycles. The number of piperidine rings is 1. The number of aromatic carboxylic acids is 1. The Morgan fingerprint density at radius 1 is 1.09 bits per heavy atom. The van der Waals surface area contributed by atoms with Gasteiger partial charge in [0.25, 0.3) is 0 Å². The Labute approximate surface area is 252 Å². The number of fused-ring (bicyclic) bond motifs is 2. The second-order valence-electron chi connectivity index (χ2n) is 11.5. The molecule has 1 N–H and O–H groups in total. The predicted octanol–water partition coefficient (Wildman–Crippen LogP) is 4.95. The molecule has 1 saturated carbocycles. The highest BCUT2D eigenvalue weighted by atomic mass is 19.3. The zero-order valence-corrected chi connectivity index (χ0v) is 24.1. The number of alkyl halides is 2. The van der Waals surface area contributed by atoms with Crippen molar-refractivity contribution >= 4 is 17.0 Å². The molecule has 2 saturated heterocycles. The summed E-state index contributed by atoms with van der Waals surface area (Å²) in [5, 5.41) is 9.66. The summed E-state index contributed by atoms with van der Waals surface area (Å²) in [7, 11) is 1.52. The fourth-order valence-electron chi connectivity index (χ4n) is 6.54. The Bertz CT molecular complexity index is 1680. The van der Waals surface area contributed by atoms with Gasteiger partial charge in [-0.3, -0.25) is 4.90 Å². The number of halogens is 2. The van der Waals surface area contributed by atoms with E-state index in [0.29, 0.717) is 53.6 Å². The summed E-state index contributed by atoms with van der Waals surface area (Å²) in [6.45, 7) is 0.905. The van der Waals surface area contributed by atoms with Crippen LogP contribution in [0, 0.1) is 11.8 Å². The summed E-state index contributed by atoms with van der Waals surface area (Å²) in [4.78, 5) is 23.8. The third-order valence-electron chi connectivity index (χ3n) is 8.83. The van der Waals surface area contributed by atoms with Crippen molar-refractivity contribution in [1.29, 1.82) is 0 Å². The van der Waals surface area contributed by atoms with Gasteiger partial charge in [0.2, 0.25) is 5.88 Å². The van der Waals surface area contributed by atoms with Crippen LogP contribution >= 0.6 is 0 Å². The first kappa shape index (κ1) is 28.5. The lowest BCUT2D eigenvalue weighted by atomic mass is 10.1. The van der Waals surface area contributed by atoms with Crippen molar-refractivity contribution in [3.05, 3.63) is 77.2 Å². The number of methoxy groups -OCH3 is 1. The Balaban J connectivity index is 1.03. The fraction of sp³-hybridized carbons (Fsp3) is 0.406. The minimum absolute atomic E-state index is 0.0658. The molecule has 2 aliphatic heterocycles. The highest BCUT2D eigenvalue weighted by molar-refractivity contribution is 5.95. The quantitative estimate of drug-likeness (QED) is 0.240. The largest absolute Gasteiger partial charge is 0.494 e. The number of nitrogens with zero attached hydrogens (tertiary/aromatic N) is 4. The molecule has 4 atom stereocenters. The van der Waals surface area contributed by atoms with Gasteiger partial charge in [0.05, 0.1) is 37.4 Å². The molecular weight excluding hydrogens is 574 g/mol. The number of ether oxygens (including phenoxy) is 4. The number of pyridine rings is 1. The first-order chi connectivity index (χ1) is 21.4. The molecule has 7 rings (SSSR count). The maximum atomic E-state index is 12.8. The van der Waals surface area contributed by atoms with Gasteiger partial charge < -0.3 is 28.6 Å². The fourth-order valence-corrected chi connectivity index (χ4v) is 6.54. The normalized spacial score (nSPS) is 22.5. The van der Waals surface area contributed by atoms with Crippen LogP contribution < -0.4 is 14.2 Å². The van der Waals surface area contributed by atoms with E-state index in [1.54, 1.807) is 30.3 Å². The van der Waals surface area contributed by atoms with Crippen LogP contribution in [-0.4, -0.2) is 70.0 Å². The van der Waals surface area contributed by atoms with Crippen LogP contribution in [0.15, 0.2) is 54.6 Å². The lowest BCUT2D eigenvalue weighted by Gasteiger charge is -2.28. The first-order valence-corrected chi connectivity index (χ1v) is 14.6. The zero-order valence-electron chi connectivity index (χ0n) is 24.1. The molecule has 2 aromatic heterocycles. The molecule has 0 radical (unpaired) electrons. The summed E-state index contributed by atoms with van der Waals surface area (Å²) >= 11 is 0. The molecule has 4 aromatic rings. The van der Waals surface area contributed by atoms with Crippen LogP contribution in [0.3, 0.4) is 0 Å². The van der Waals surface area contributed by atoms with Crippen molar-refractivity contribution < 1.29 is 37.6 Å². The number of imidazole rings is 1. The molecule has 44 heavy (non-hydrogen) atoms. The van der Waals surface area contributed by atoms with Crippen LogP contribution in [-0.2, 0) is 24.4 Å². The molecule has 0 amide bonds. The molecule has 0 bridgehead atoms. The van der Waals surface area contributed by atoms with Gasteiger partial charge in [-0.05, 0) is 42.5 Å². The van der Waals surface area contributed by atoms with Gasteiger partial charge in [0.15, 0.2) is 0 Å². The highest BCUT2D eigenvalue weighted by Gasteiger charge is 2.57. The number of benzene rings is 2. The molecule has 1 unspecified atom stereocenters. The maximum absolute atomic E-state index is 12.8. The SMILES string of the molecule is COc1cc(C(=O)O)cc2c1nc(CN1C[C@@H]3C(c4cccc(OCc5ccccc5OC(F)F)n4)[C@@H]3C1)n2C[C@@H]1CCO1. The van der Waals surface area contributed by atoms with Gasteiger partial charge in [-0.15, -0.1) is 0 Å². The summed E-state index contributed by atoms with van der Waals surface area (Å²) < 4.78 is 49.3. The van der Waals surface area contributed by atoms with E-state index < -0.39 is 12.6 Å². The second kappa shape index (κ2) is 11.7. The molecule has 3 aliphatic rings. The first-order valence-electron chi connectivity index (χ1n) is 14.6. The molecule has 0 spiro atoms. The van der Waals surface area contributed by atoms with Crippen molar-refractivity contribution in [2.75, 3.05) is 26.8 Å². The van der Waals surface area contributed by atoms with Crippen molar-refractivity contribution in [2.24, 2.45) is 11.8 Å². The van der Waals surface area contributed by atoms with Gasteiger partial charge in [0.1, 0.15) is 29.4 Å². The van der Waals surface area contributed by atoms with E-state index in [1.807, 2.05) is 12.1 Å². The number of likely N-dealkylation sites (tertiary alicyclic amines) is 1. The van der Waals surface area contributed by atoms with E-state index in [1.165, 1.54) is 19.2 Å². The summed E-state index contributed by atoms with van der Waals surface area (Å²) in [5.74, 6) is 2.06. The average Bonchev–Trinajstić information content (AvgIpc) is 3.30. The molecule has 230 valence electrons. The van der Waals surface area contributed by atoms with E-state index in [-0.39, 0.29) is 24.0 Å². The Morgan fingerprint density at radius 3 is 2.59 bits per heavy atom. The third kappa shape index (κ3) is 5.55. The third-order valence-corrected chi connectivity index (χ3v) is 8.83. The smallest absolute Gasteiger partial charge is 0.387 e. The van der Waals surface area contributed by atoms with Gasteiger partial charge >= 0.3 is 12.6 Å². The molecule has 3 fully saturated rings. The topological polar surface area (TPSA) is 108 Å². The number of hydrogen-bond donors (Lipinski definition) is 1. The molecule has 2 aromatic carbocycles. The zero-order chi connectivity index (χ0) is 30.4. The number of hydrogen-bond acceptors (Lipinski definition) is 8. The lowest BCUT2D eigenvalue weighted by molar-refractivity contribution is -0.0592. The number of aromatic nitrogens is 3. The van der Waals surface area contributed by atoms with E-state index in [4.69, 9.17) is 24.2 Å². The number of carboxylic acid groups (broad SMARTS) is 1. The van der Waals surface area contributed by atoms with E-state index >= 15 is 0 Å². The standard InChI is InChI=1S/C32H32F2N4O6/c1-41-26-12-19(31(39)40)11-24-30(26)36-27(38(24)13-20-9-10-42-20)16-37-14-21-22(15-37)29(21)23-6-4-8-28(35-23)43-17-18-5-2-3-7-25(18)44-32(33)34/h2-8,11-12,20-22,29,32H,9-10,13-17H2,1H3,(H,39,40)/t20-,21-,22+,29?/m0/s1. The van der Waals surface area contributed by atoms with E-state index in [0.717, 1.165) is 43.2 Å². The van der Waals surface area contributed by atoms with Crippen molar-refractivity contribution in [2.45, 2.75) is 44.8 Å². The minimum Gasteiger partial charge on any atom is -0.494 e. The lowest BCUT2D eigenvalue weighted by Crippen LogP contribution is -2.33. The Hall–Kier alpha value is -4.29. The monoisotopic (exact) mass is 606 g/mol. The summed E-state index contributed by atoms with van der Waals surface area (Å²) in [6.07, 6.45) is 1.03. The summed E-state index contributed by atoms with van der Waals surface area (Å²) in [5.41, 5.74) is 3.03. The molecule has 1 aliphatic carbocycles. The van der Waals surface area contributed by atoms with Crippen LogP contribution in [0.4, 0.5) is 8.78 Å². The predicted molar refractivity (Wildman–Crippen MR) is 154 cm³/mol. The maximum Gasteiger partial charge on any atom is 0.387 e. The van der Waals surface area contributed by atoms with Gasteiger partial charge in [-0.25, -0.2) is 14.8 Å². The average molecular weight is 607 g/mol. The molecular formula is C32H32F2N4O6. The van der Waals surface area contributed by atoms with Crippen LogP contribution in [0.25, 0.3) is 11.0 Å². The van der Waals surface area contributed by atoms with Crippen molar-refractivity contribution in [3.63, 3.8) is 0 Å². The molecule has 10 nitrogen and oxygen atoms in total. The second-order valence-corrected chi connectivity index (χ2v) is 11.5. The van der Waals surface area contributed by atoms with E-state index in [2.05, 4.69) is 14.2 Å². The minimum atomic E-state index is -2.91. The Morgan fingerprint density at radius 2 is 1.89 bits per heavy atom. The number of rotatable bonds is 12. The van der Waals surface area contributed by atoms with Crippen molar-refractivity contribution in [3.8, 4) is 17.4 Å². The number of carboxylic acids is 1. The summed E-state index contributed by atoms with van der Waals surface area (Å²) in [6, 6.07) is 15.4. The van der Waals surface area contributed by atoms with Crippen LogP contribution in [0.5, 0.6) is 17.4 Å². The highest BCUT2D eigenvalue weighted by Crippen LogP contribution is 2.58. The number of carbonyl (C=O) groups is 1. The van der Waals surface area contributed by atoms with Gasteiger partial charge in [0, 0.05) is 42.9 Å². The molecule has 12 heteroatoms. The van der Waals surface area contributed by atoms with Crippen LogP contribution in [0.1, 0.15) is 39.8 Å². The van der Waals surface area contributed by atoms with Gasteiger partial charge in [-0.2, -0.15) is 8.78 Å². The number of para-hydroxylation sites is 1. The van der Waals surface area contributed by atoms with Crippen LogP contribution in [0.2, 0.25) is 0 Å². The van der Waals surface area contributed by atoms with Crippen molar-refractivity contribution in [1.82, 2.24) is 19.4 Å². The Kier molecular flexibility index (Phi) is 7.55.